The number of hydrogen-bond acceptors (Lipinski definition) is 4. The van der Waals surface area contributed by atoms with Crippen molar-refractivity contribution in [2.24, 2.45) is 0 Å². The molecule has 1 heterocycles. The Morgan fingerprint density at radius 2 is 1.67 bits per heavy atom. The molecule has 0 aliphatic carbocycles. The summed E-state index contributed by atoms with van der Waals surface area (Å²) < 4.78 is 10.9. The van der Waals surface area contributed by atoms with E-state index in [1.807, 2.05) is 0 Å². The van der Waals surface area contributed by atoms with Crippen molar-refractivity contribution in [1.29, 1.82) is 0 Å². The van der Waals surface area contributed by atoms with E-state index in [0.717, 1.165) is 19.6 Å². The van der Waals surface area contributed by atoms with E-state index in [-0.39, 0.29) is 12.2 Å². The molecule has 1 saturated heterocycles. The van der Waals surface area contributed by atoms with E-state index in [4.69, 9.17) is 9.47 Å². The zero-order valence-electron chi connectivity index (χ0n) is 12.4. The molecule has 0 saturated carbocycles. The molecule has 0 aromatic rings. The van der Waals surface area contributed by atoms with E-state index in [9.17, 15) is 0 Å². The van der Waals surface area contributed by atoms with Crippen LogP contribution in [0.15, 0.2) is 0 Å². The molecule has 1 rings (SSSR count). The first-order valence-electron chi connectivity index (χ1n) is 7.18. The van der Waals surface area contributed by atoms with Gasteiger partial charge in [0.1, 0.15) is 0 Å². The predicted molar refractivity (Wildman–Crippen MR) is 75.0 cm³/mol. The Balaban J connectivity index is 2.03. The van der Waals surface area contributed by atoms with Crippen molar-refractivity contribution in [3.63, 3.8) is 0 Å². The number of unbranched alkanes of at least 4 members (excludes halogenated alkanes) is 2. The highest BCUT2D eigenvalue weighted by molar-refractivity contribution is 4.85. The standard InChI is InChI=1S/C14H30N2O2/c1-12(2)15-8-6-5-7-9-16-10-13(17-3)14(11-16)18-4/h12-15H,5-11H2,1-4H3. The zero-order chi connectivity index (χ0) is 13.4. The monoisotopic (exact) mass is 258 g/mol. The summed E-state index contributed by atoms with van der Waals surface area (Å²) in [4.78, 5) is 2.46. The molecule has 1 fully saturated rings. The van der Waals surface area contributed by atoms with Crippen LogP contribution in [0.3, 0.4) is 0 Å². The molecule has 1 aliphatic rings. The quantitative estimate of drug-likeness (QED) is 0.636. The molecule has 1 aliphatic heterocycles. The molecule has 108 valence electrons. The lowest BCUT2D eigenvalue weighted by atomic mass is 10.2. The molecule has 18 heavy (non-hydrogen) atoms. The van der Waals surface area contributed by atoms with Gasteiger partial charge in [-0.15, -0.1) is 0 Å². The van der Waals surface area contributed by atoms with Gasteiger partial charge in [-0.05, 0) is 25.9 Å². The van der Waals surface area contributed by atoms with Crippen molar-refractivity contribution >= 4 is 0 Å². The molecule has 0 spiro atoms. The largest absolute Gasteiger partial charge is 0.377 e. The highest BCUT2D eigenvalue weighted by atomic mass is 16.5. The number of likely N-dealkylation sites (tertiary alicyclic amines) is 1. The van der Waals surface area contributed by atoms with Gasteiger partial charge in [-0.3, -0.25) is 4.90 Å². The fourth-order valence-electron chi connectivity index (χ4n) is 2.48. The Labute approximate surface area is 112 Å². The molecule has 0 bridgehead atoms. The molecule has 0 amide bonds. The molecule has 0 aromatic heterocycles. The molecular weight excluding hydrogens is 228 g/mol. The second kappa shape index (κ2) is 8.86. The Morgan fingerprint density at radius 3 is 2.17 bits per heavy atom. The summed E-state index contributed by atoms with van der Waals surface area (Å²) in [5.74, 6) is 0. The lowest BCUT2D eigenvalue weighted by Gasteiger charge is -2.15. The number of rotatable bonds is 9. The average Bonchev–Trinajstić information content (AvgIpc) is 2.75. The van der Waals surface area contributed by atoms with Crippen molar-refractivity contribution in [2.45, 2.75) is 51.4 Å². The normalized spacial score (nSPS) is 25.2. The van der Waals surface area contributed by atoms with E-state index in [2.05, 4.69) is 24.1 Å². The number of hydrogen-bond donors (Lipinski definition) is 1. The van der Waals surface area contributed by atoms with Crippen molar-refractivity contribution in [2.75, 3.05) is 40.4 Å². The molecule has 0 radical (unpaired) electrons. The fourth-order valence-corrected chi connectivity index (χ4v) is 2.48. The third-order valence-electron chi connectivity index (χ3n) is 3.60. The lowest BCUT2D eigenvalue weighted by molar-refractivity contribution is -0.00461. The first kappa shape index (κ1) is 15.9. The molecule has 2 unspecified atom stereocenters. The minimum atomic E-state index is 0.248. The van der Waals surface area contributed by atoms with E-state index >= 15 is 0 Å². The minimum absolute atomic E-state index is 0.248. The van der Waals surface area contributed by atoms with E-state index < -0.39 is 0 Å². The average molecular weight is 258 g/mol. The van der Waals surface area contributed by atoms with Gasteiger partial charge in [-0.2, -0.15) is 0 Å². The van der Waals surface area contributed by atoms with Gasteiger partial charge in [0.25, 0.3) is 0 Å². The smallest absolute Gasteiger partial charge is 0.0971 e. The molecule has 4 heteroatoms. The van der Waals surface area contributed by atoms with Crippen LogP contribution in [0, 0.1) is 0 Å². The van der Waals surface area contributed by atoms with Crippen LogP contribution in [-0.4, -0.2) is 63.5 Å². The van der Waals surface area contributed by atoms with Crippen molar-refractivity contribution in [1.82, 2.24) is 10.2 Å². The van der Waals surface area contributed by atoms with E-state index in [1.54, 1.807) is 14.2 Å². The third kappa shape index (κ3) is 5.65. The number of methoxy groups -OCH3 is 2. The summed E-state index contributed by atoms with van der Waals surface area (Å²) >= 11 is 0. The van der Waals surface area contributed by atoms with Crippen LogP contribution in [0.5, 0.6) is 0 Å². The van der Waals surface area contributed by atoms with E-state index in [0.29, 0.717) is 6.04 Å². The Kier molecular flexibility index (Phi) is 7.82. The van der Waals surface area contributed by atoms with Crippen LogP contribution < -0.4 is 5.32 Å². The van der Waals surface area contributed by atoms with Crippen LogP contribution in [-0.2, 0) is 9.47 Å². The molecule has 0 aromatic carbocycles. The highest BCUT2D eigenvalue weighted by Crippen LogP contribution is 2.16. The third-order valence-corrected chi connectivity index (χ3v) is 3.60. The van der Waals surface area contributed by atoms with Gasteiger partial charge in [-0.25, -0.2) is 0 Å². The predicted octanol–water partition coefficient (Wildman–Crippen LogP) is 1.50. The summed E-state index contributed by atoms with van der Waals surface area (Å²) in [5.41, 5.74) is 0. The molecule has 4 nitrogen and oxygen atoms in total. The maximum absolute atomic E-state index is 5.44. The van der Waals surface area contributed by atoms with Crippen LogP contribution >= 0.6 is 0 Å². The lowest BCUT2D eigenvalue weighted by Crippen LogP contribution is -2.27. The second-order valence-corrected chi connectivity index (χ2v) is 5.48. The van der Waals surface area contributed by atoms with Gasteiger partial charge in [0.2, 0.25) is 0 Å². The molecule has 2 atom stereocenters. The van der Waals surface area contributed by atoms with E-state index in [1.165, 1.54) is 25.8 Å². The van der Waals surface area contributed by atoms with Gasteiger partial charge in [0, 0.05) is 33.4 Å². The van der Waals surface area contributed by atoms with Gasteiger partial charge >= 0.3 is 0 Å². The Hall–Kier alpha value is -0.160. The SMILES string of the molecule is COC1CN(CCCCCNC(C)C)CC1OC. The van der Waals surface area contributed by atoms with Crippen LogP contribution in [0.2, 0.25) is 0 Å². The maximum Gasteiger partial charge on any atom is 0.0971 e. The van der Waals surface area contributed by atoms with Crippen LogP contribution in [0.4, 0.5) is 0 Å². The number of nitrogens with zero attached hydrogens (tertiary/aromatic N) is 1. The summed E-state index contributed by atoms with van der Waals surface area (Å²) in [7, 11) is 3.55. The number of ether oxygens (including phenoxy) is 2. The van der Waals surface area contributed by atoms with Crippen LogP contribution in [0.1, 0.15) is 33.1 Å². The molecule has 1 N–H and O–H groups in total. The van der Waals surface area contributed by atoms with Gasteiger partial charge in [0.15, 0.2) is 0 Å². The van der Waals surface area contributed by atoms with Crippen molar-refractivity contribution in [3.8, 4) is 0 Å². The highest BCUT2D eigenvalue weighted by Gasteiger charge is 2.32. The van der Waals surface area contributed by atoms with Gasteiger partial charge in [0.05, 0.1) is 12.2 Å². The summed E-state index contributed by atoms with van der Waals surface area (Å²) in [6.45, 7) is 8.72. The first-order valence-corrected chi connectivity index (χ1v) is 7.18. The zero-order valence-corrected chi connectivity index (χ0v) is 12.4. The van der Waals surface area contributed by atoms with Gasteiger partial charge in [-0.1, -0.05) is 20.3 Å². The summed E-state index contributed by atoms with van der Waals surface area (Å²) in [6.07, 6.45) is 4.33. The van der Waals surface area contributed by atoms with Crippen LogP contribution in [0.25, 0.3) is 0 Å². The Morgan fingerprint density at radius 1 is 1.06 bits per heavy atom. The maximum atomic E-state index is 5.44. The van der Waals surface area contributed by atoms with Crippen molar-refractivity contribution < 1.29 is 9.47 Å². The first-order chi connectivity index (χ1) is 8.67. The van der Waals surface area contributed by atoms with Crippen molar-refractivity contribution in [3.05, 3.63) is 0 Å². The van der Waals surface area contributed by atoms with Gasteiger partial charge < -0.3 is 14.8 Å². The molecular formula is C14H30N2O2. The number of nitrogens with one attached hydrogen (secondary N) is 1. The summed E-state index contributed by atoms with van der Waals surface area (Å²) in [6, 6.07) is 0.605. The topological polar surface area (TPSA) is 33.7 Å². The minimum Gasteiger partial charge on any atom is -0.377 e. The fraction of sp³-hybridized carbons (Fsp3) is 1.00. The second-order valence-electron chi connectivity index (χ2n) is 5.48. The Bertz CT molecular complexity index is 200. The summed E-state index contributed by atoms with van der Waals surface area (Å²) in [5, 5.41) is 3.45.